The van der Waals surface area contributed by atoms with Crippen molar-refractivity contribution in [1.82, 2.24) is 9.78 Å². The summed E-state index contributed by atoms with van der Waals surface area (Å²) in [5.41, 5.74) is 10.1. The zero-order chi connectivity index (χ0) is 14.5. The predicted molar refractivity (Wildman–Crippen MR) is 83.8 cm³/mol. The molecule has 2 rings (SSSR count). The third-order valence-corrected chi connectivity index (χ3v) is 3.71. The fourth-order valence-electron chi connectivity index (χ4n) is 2.38. The van der Waals surface area contributed by atoms with E-state index in [1.165, 1.54) is 11.1 Å². The van der Waals surface area contributed by atoms with Crippen LogP contribution in [0.5, 0.6) is 0 Å². The Kier molecular flexibility index (Phi) is 4.96. The number of aromatic nitrogens is 2. The molecule has 2 aromatic rings. The first-order valence-electron chi connectivity index (χ1n) is 7.40. The lowest BCUT2D eigenvalue weighted by Crippen LogP contribution is -2.24. The van der Waals surface area contributed by atoms with Crippen LogP contribution in [0.3, 0.4) is 0 Å². The maximum atomic E-state index is 6.24. The number of benzene rings is 1. The molecule has 3 heteroatoms. The average Bonchev–Trinajstić information content (AvgIpc) is 2.86. The average molecular weight is 271 g/mol. The highest BCUT2D eigenvalue weighted by Gasteiger charge is 2.09. The number of hydrogen-bond donors (Lipinski definition) is 1. The smallest absolute Gasteiger partial charge is 0.0640 e. The minimum atomic E-state index is 0.171. The quantitative estimate of drug-likeness (QED) is 0.876. The molecule has 0 saturated heterocycles. The van der Waals surface area contributed by atoms with Gasteiger partial charge in [0.1, 0.15) is 0 Å². The molecule has 0 aliphatic carbocycles. The summed E-state index contributed by atoms with van der Waals surface area (Å²) < 4.78 is 1.99. The van der Waals surface area contributed by atoms with E-state index in [4.69, 9.17) is 5.73 Å². The van der Waals surface area contributed by atoms with Gasteiger partial charge >= 0.3 is 0 Å². The number of nitrogens with two attached hydrogens (primary N) is 1. The topological polar surface area (TPSA) is 43.8 Å². The molecule has 1 unspecified atom stereocenters. The van der Waals surface area contributed by atoms with Crippen molar-refractivity contribution < 1.29 is 0 Å². The molecule has 0 fully saturated rings. The van der Waals surface area contributed by atoms with Crippen molar-refractivity contribution in [3.63, 3.8) is 0 Å². The van der Waals surface area contributed by atoms with Crippen molar-refractivity contribution in [1.29, 1.82) is 0 Å². The molecule has 1 atom stereocenters. The van der Waals surface area contributed by atoms with Crippen LogP contribution in [-0.2, 0) is 12.8 Å². The minimum Gasteiger partial charge on any atom is -0.327 e. The molecule has 0 aliphatic rings. The van der Waals surface area contributed by atoms with E-state index in [-0.39, 0.29) is 6.04 Å². The molecule has 108 valence electrons. The van der Waals surface area contributed by atoms with Gasteiger partial charge in [0.2, 0.25) is 0 Å². The van der Waals surface area contributed by atoms with Gasteiger partial charge < -0.3 is 5.73 Å². The standard InChI is InChI=1S/C17H25N3/c1-13(2)20-11-10-17(19-20)12-16(18)9-8-15-7-5-4-6-14(15)3/h4-7,10-11,13,16H,8-9,12,18H2,1-3H3. The molecule has 1 aromatic carbocycles. The Morgan fingerprint density at radius 1 is 1.20 bits per heavy atom. The first kappa shape index (κ1) is 14.8. The summed E-state index contributed by atoms with van der Waals surface area (Å²) in [5, 5.41) is 4.56. The molecular weight excluding hydrogens is 246 g/mol. The molecule has 0 radical (unpaired) electrons. The number of hydrogen-bond acceptors (Lipinski definition) is 2. The van der Waals surface area contributed by atoms with Crippen molar-refractivity contribution in [2.24, 2.45) is 5.73 Å². The number of nitrogens with zero attached hydrogens (tertiary/aromatic N) is 2. The summed E-state index contributed by atoms with van der Waals surface area (Å²) >= 11 is 0. The molecule has 0 aliphatic heterocycles. The lowest BCUT2D eigenvalue weighted by Gasteiger charge is -2.11. The second kappa shape index (κ2) is 6.71. The zero-order valence-corrected chi connectivity index (χ0v) is 12.7. The highest BCUT2D eigenvalue weighted by Crippen LogP contribution is 2.12. The Morgan fingerprint density at radius 2 is 1.95 bits per heavy atom. The normalized spacial score (nSPS) is 12.8. The van der Waals surface area contributed by atoms with Crippen LogP contribution in [0.1, 0.15) is 43.1 Å². The Morgan fingerprint density at radius 3 is 2.60 bits per heavy atom. The van der Waals surface area contributed by atoms with Gasteiger partial charge in [0.05, 0.1) is 5.69 Å². The maximum Gasteiger partial charge on any atom is 0.0640 e. The summed E-state index contributed by atoms with van der Waals surface area (Å²) in [6, 6.07) is 11.2. The summed E-state index contributed by atoms with van der Waals surface area (Å²) in [4.78, 5) is 0. The van der Waals surface area contributed by atoms with Crippen LogP contribution in [0, 0.1) is 6.92 Å². The Bertz CT molecular complexity index is 543. The second-order valence-electron chi connectivity index (χ2n) is 5.81. The van der Waals surface area contributed by atoms with Crippen LogP contribution in [0.15, 0.2) is 36.5 Å². The largest absolute Gasteiger partial charge is 0.327 e. The van der Waals surface area contributed by atoms with Crippen LogP contribution in [0.25, 0.3) is 0 Å². The van der Waals surface area contributed by atoms with Gasteiger partial charge in [-0.15, -0.1) is 0 Å². The van der Waals surface area contributed by atoms with E-state index in [1.54, 1.807) is 0 Å². The van der Waals surface area contributed by atoms with Gasteiger partial charge in [-0.2, -0.15) is 5.10 Å². The molecular formula is C17H25N3. The third-order valence-electron chi connectivity index (χ3n) is 3.71. The van der Waals surface area contributed by atoms with Gasteiger partial charge in [0.15, 0.2) is 0 Å². The van der Waals surface area contributed by atoms with Gasteiger partial charge in [0, 0.05) is 24.7 Å². The Labute approximate surface area is 121 Å². The van der Waals surface area contributed by atoms with Crippen molar-refractivity contribution in [2.75, 3.05) is 0 Å². The molecule has 0 bridgehead atoms. The van der Waals surface area contributed by atoms with Crippen molar-refractivity contribution in [3.8, 4) is 0 Å². The minimum absolute atomic E-state index is 0.171. The summed E-state index contributed by atoms with van der Waals surface area (Å²) in [6.07, 6.45) is 4.93. The Hall–Kier alpha value is -1.61. The van der Waals surface area contributed by atoms with Crippen molar-refractivity contribution in [2.45, 2.75) is 52.1 Å². The predicted octanol–water partition coefficient (Wildman–Crippen LogP) is 3.28. The second-order valence-corrected chi connectivity index (χ2v) is 5.81. The fourth-order valence-corrected chi connectivity index (χ4v) is 2.38. The van der Waals surface area contributed by atoms with Gasteiger partial charge in [-0.05, 0) is 50.8 Å². The molecule has 2 N–H and O–H groups in total. The zero-order valence-electron chi connectivity index (χ0n) is 12.7. The Balaban J connectivity index is 1.86. The van der Waals surface area contributed by atoms with Gasteiger partial charge in [-0.3, -0.25) is 4.68 Å². The fraction of sp³-hybridized carbons (Fsp3) is 0.471. The van der Waals surface area contributed by atoms with Crippen molar-refractivity contribution >= 4 is 0 Å². The monoisotopic (exact) mass is 271 g/mol. The molecule has 0 saturated carbocycles. The van der Waals surface area contributed by atoms with E-state index in [0.29, 0.717) is 6.04 Å². The van der Waals surface area contributed by atoms with E-state index in [0.717, 1.165) is 25.0 Å². The van der Waals surface area contributed by atoms with Crippen LogP contribution in [-0.4, -0.2) is 15.8 Å². The highest BCUT2D eigenvalue weighted by molar-refractivity contribution is 5.25. The summed E-state index contributed by atoms with van der Waals surface area (Å²) in [5.74, 6) is 0. The molecule has 20 heavy (non-hydrogen) atoms. The SMILES string of the molecule is Cc1ccccc1CCC(N)Cc1ccn(C(C)C)n1. The molecule has 1 heterocycles. The molecule has 0 spiro atoms. The van der Waals surface area contributed by atoms with Gasteiger partial charge in [-0.25, -0.2) is 0 Å². The van der Waals surface area contributed by atoms with Crippen LogP contribution >= 0.6 is 0 Å². The van der Waals surface area contributed by atoms with E-state index in [9.17, 15) is 0 Å². The number of rotatable bonds is 6. The first-order chi connectivity index (χ1) is 9.56. The van der Waals surface area contributed by atoms with E-state index < -0.39 is 0 Å². The van der Waals surface area contributed by atoms with Gasteiger partial charge in [-0.1, -0.05) is 24.3 Å². The lowest BCUT2D eigenvalue weighted by molar-refractivity contribution is 0.518. The van der Waals surface area contributed by atoms with E-state index in [1.807, 2.05) is 10.9 Å². The van der Waals surface area contributed by atoms with Crippen LogP contribution in [0.4, 0.5) is 0 Å². The van der Waals surface area contributed by atoms with Crippen LogP contribution in [0.2, 0.25) is 0 Å². The third kappa shape index (κ3) is 3.94. The maximum absolute atomic E-state index is 6.24. The number of aryl methyl sites for hydroxylation is 2. The van der Waals surface area contributed by atoms with E-state index >= 15 is 0 Å². The summed E-state index contributed by atoms with van der Waals surface area (Å²) in [7, 11) is 0. The highest BCUT2D eigenvalue weighted by atomic mass is 15.3. The van der Waals surface area contributed by atoms with Gasteiger partial charge in [0.25, 0.3) is 0 Å². The molecule has 1 aromatic heterocycles. The molecule has 0 amide bonds. The van der Waals surface area contributed by atoms with Crippen molar-refractivity contribution in [3.05, 3.63) is 53.3 Å². The molecule has 3 nitrogen and oxygen atoms in total. The van der Waals surface area contributed by atoms with Crippen LogP contribution < -0.4 is 5.73 Å². The lowest BCUT2D eigenvalue weighted by atomic mass is 9.99. The van der Waals surface area contributed by atoms with E-state index in [2.05, 4.69) is 56.2 Å². The first-order valence-corrected chi connectivity index (χ1v) is 7.40. The summed E-state index contributed by atoms with van der Waals surface area (Å²) in [6.45, 7) is 6.43.